The standard InChI is InChI=1S/C21H38O/c1-3-5-7-9-11-13-15-17-19-21(22)20-18-16-14-12-10-8-6-4-2/h11,13,17,19H,3-10,12,14-16,18,20H2,1-2H3. The maximum absolute atomic E-state index is 11.7. The third-order valence-corrected chi connectivity index (χ3v) is 3.99. The summed E-state index contributed by atoms with van der Waals surface area (Å²) in [5.41, 5.74) is 0. The Morgan fingerprint density at radius 3 is 1.95 bits per heavy atom. The smallest absolute Gasteiger partial charge is 0.155 e. The summed E-state index contributed by atoms with van der Waals surface area (Å²) < 4.78 is 0. The van der Waals surface area contributed by atoms with Crippen LogP contribution in [0.25, 0.3) is 0 Å². The van der Waals surface area contributed by atoms with Gasteiger partial charge in [0.2, 0.25) is 0 Å². The lowest BCUT2D eigenvalue weighted by Crippen LogP contribution is -1.92. The van der Waals surface area contributed by atoms with E-state index >= 15 is 0 Å². The third-order valence-electron chi connectivity index (χ3n) is 3.99. The monoisotopic (exact) mass is 306 g/mol. The van der Waals surface area contributed by atoms with E-state index in [0.717, 1.165) is 19.3 Å². The zero-order chi connectivity index (χ0) is 16.3. The lowest BCUT2D eigenvalue weighted by molar-refractivity contribution is -0.114. The highest BCUT2D eigenvalue weighted by molar-refractivity contribution is 5.89. The van der Waals surface area contributed by atoms with Crippen LogP contribution in [0, 0.1) is 0 Å². The SMILES string of the molecule is CCCCCC=CCC=CC(=O)CCCCCCCCCC. The molecule has 0 aliphatic rings. The minimum atomic E-state index is 0.297. The second kappa shape index (κ2) is 18.2. The molecular weight excluding hydrogens is 268 g/mol. The number of ketones is 1. The fourth-order valence-electron chi connectivity index (χ4n) is 2.52. The van der Waals surface area contributed by atoms with Crippen LogP contribution in [0.15, 0.2) is 24.3 Å². The molecule has 0 N–H and O–H groups in total. The largest absolute Gasteiger partial charge is 0.295 e. The van der Waals surface area contributed by atoms with E-state index in [4.69, 9.17) is 0 Å². The maximum Gasteiger partial charge on any atom is 0.155 e. The second-order valence-corrected chi connectivity index (χ2v) is 6.30. The van der Waals surface area contributed by atoms with E-state index in [1.54, 1.807) is 6.08 Å². The lowest BCUT2D eigenvalue weighted by Gasteiger charge is -2.00. The Bertz CT molecular complexity index is 288. The van der Waals surface area contributed by atoms with Gasteiger partial charge in [-0.25, -0.2) is 0 Å². The Hall–Kier alpha value is -0.850. The number of allylic oxidation sites excluding steroid dienone is 4. The highest BCUT2D eigenvalue weighted by Gasteiger charge is 1.96. The van der Waals surface area contributed by atoms with Crippen molar-refractivity contribution in [3.8, 4) is 0 Å². The highest BCUT2D eigenvalue weighted by atomic mass is 16.1. The minimum Gasteiger partial charge on any atom is -0.295 e. The third kappa shape index (κ3) is 17.2. The number of hydrogen-bond donors (Lipinski definition) is 0. The molecule has 0 rings (SSSR count). The molecule has 22 heavy (non-hydrogen) atoms. The van der Waals surface area contributed by atoms with Gasteiger partial charge in [-0.15, -0.1) is 0 Å². The van der Waals surface area contributed by atoms with E-state index in [1.807, 2.05) is 6.08 Å². The molecule has 0 radical (unpaired) electrons. The van der Waals surface area contributed by atoms with Crippen molar-refractivity contribution >= 4 is 5.78 Å². The van der Waals surface area contributed by atoms with Gasteiger partial charge in [-0.3, -0.25) is 4.79 Å². The summed E-state index contributed by atoms with van der Waals surface area (Å²) in [6.07, 6.45) is 25.2. The molecule has 0 aliphatic heterocycles. The van der Waals surface area contributed by atoms with Crippen LogP contribution in [0.5, 0.6) is 0 Å². The van der Waals surface area contributed by atoms with Gasteiger partial charge in [0.15, 0.2) is 5.78 Å². The Morgan fingerprint density at radius 1 is 0.682 bits per heavy atom. The molecule has 0 saturated heterocycles. The van der Waals surface area contributed by atoms with Crippen molar-refractivity contribution in [1.82, 2.24) is 0 Å². The summed E-state index contributed by atoms with van der Waals surface area (Å²) in [4.78, 5) is 11.7. The summed E-state index contributed by atoms with van der Waals surface area (Å²) in [5.74, 6) is 0.297. The molecule has 0 saturated carbocycles. The number of carbonyl (C=O) groups excluding carboxylic acids is 1. The molecule has 0 aromatic rings. The Labute approximate surface area is 139 Å². The van der Waals surface area contributed by atoms with Crippen LogP contribution in [0.4, 0.5) is 0 Å². The Kier molecular flexibility index (Phi) is 17.5. The van der Waals surface area contributed by atoms with Crippen LogP contribution in [-0.2, 0) is 4.79 Å². The molecule has 0 spiro atoms. The number of carbonyl (C=O) groups is 1. The predicted molar refractivity (Wildman–Crippen MR) is 99.3 cm³/mol. The normalized spacial score (nSPS) is 11.7. The fraction of sp³-hybridized carbons (Fsp3) is 0.762. The summed E-state index contributed by atoms with van der Waals surface area (Å²) in [6, 6.07) is 0. The van der Waals surface area contributed by atoms with Crippen molar-refractivity contribution < 1.29 is 4.79 Å². The quantitative estimate of drug-likeness (QED) is 0.168. The van der Waals surface area contributed by atoms with Crippen molar-refractivity contribution in [2.45, 2.75) is 104 Å². The average molecular weight is 307 g/mol. The first-order chi connectivity index (χ1) is 10.8. The van der Waals surface area contributed by atoms with Crippen molar-refractivity contribution in [3.63, 3.8) is 0 Å². The summed E-state index contributed by atoms with van der Waals surface area (Å²) in [6.45, 7) is 4.48. The Balaban J connectivity index is 3.36. The van der Waals surface area contributed by atoms with Gasteiger partial charge < -0.3 is 0 Å². The average Bonchev–Trinajstić information content (AvgIpc) is 2.52. The molecule has 1 heteroatoms. The summed E-state index contributed by atoms with van der Waals surface area (Å²) in [5, 5.41) is 0. The van der Waals surface area contributed by atoms with Gasteiger partial charge in [-0.05, 0) is 31.8 Å². The zero-order valence-electron chi connectivity index (χ0n) is 15.1. The number of rotatable bonds is 16. The highest BCUT2D eigenvalue weighted by Crippen LogP contribution is 2.10. The van der Waals surface area contributed by atoms with Crippen LogP contribution in [0.1, 0.15) is 104 Å². The van der Waals surface area contributed by atoms with Gasteiger partial charge in [0.1, 0.15) is 0 Å². The van der Waals surface area contributed by atoms with E-state index in [2.05, 4.69) is 26.0 Å². The van der Waals surface area contributed by atoms with E-state index in [1.165, 1.54) is 70.6 Å². The molecule has 0 atom stereocenters. The van der Waals surface area contributed by atoms with E-state index in [0.29, 0.717) is 5.78 Å². The first-order valence-corrected chi connectivity index (χ1v) is 9.65. The van der Waals surface area contributed by atoms with Gasteiger partial charge in [-0.2, -0.15) is 0 Å². The predicted octanol–water partition coefficient (Wildman–Crippen LogP) is 7.17. The van der Waals surface area contributed by atoms with Crippen LogP contribution in [0.2, 0.25) is 0 Å². The van der Waals surface area contributed by atoms with Crippen LogP contribution < -0.4 is 0 Å². The molecule has 0 aromatic heterocycles. The summed E-state index contributed by atoms with van der Waals surface area (Å²) in [7, 11) is 0. The lowest BCUT2D eigenvalue weighted by atomic mass is 10.1. The van der Waals surface area contributed by atoms with Crippen LogP contribution in [-0.4, -0.2) is 5.78 Å². The van der Waals surface area contributed by atoms with Gasteiger partial charge in [0.05, 0.1) is 0 Å². The van der Waals surface area contributed by atoms with E-state index < -0.39 is 0 Å². The molecule has 0 amide bonds. The molecule has 128 valence electrons. The van der Waals surface area contributed by atoms with Crippen molar-refractivity contribution in [3.05, 3.63) is 24.3 Å². The molecule has 0 heterocycles. The molecule has 0 unspecified atom stereocenters. The number of unbranched alkanes of at least 4 members (excludes halogenated alkanes) is 10. The van der Waals surface area contributed by atoms with Gasteiger partial charge in [-0.1, -0.05) is 89.9 Å². The summed E-state index contributed by atoms with van der Waals surface area (Å²) >= 11 is 0. The first kappa shape index (κ1) is 21.1. The van der Waals surface area contributed by atoms with Crippen molar-refractivity contribution in [1.29, 1.82) is 0 Å². The maximum atomic E-state index is 11.7. The van der Waals surface area contributed by atoms with Crippen LogP contribution >= 0.6 is 0 Å². The van der Waals surface area contributed by atoms with Gasteiger partial charge in [0.25, 0.3) is 0 Å². The van der Waals surface area contributed by atoms with E-state index in [9.17, 15) is 4.79 Å². The minimum absolute atomic E-state index is 0.297. The van der Waals surface area contributed by atoms with Crippen molar-refractivity contribution in [2.75, 3.05) is 0 Å². The second-order valence-electron chi connectivity index (χ2n) is 6.30. The first-order valence-electron chi connectivity index (χ1n) is 9.65. The molecular formula is C21H38O. The van der Waals surface area contributed by atoms with Gasteiger partial charge in [0, 0.05) is 6.42 Å². The molecule has 0 fully saturated rings. The molecule has 0 bridgehead atoms. The van der Waals surface area contributed by atoms with E-state index in [-0.39, 0.29) is 0 Å². The zero-order valence-corrected chi connectivity index (χ0v) is 15.1. The topological polar surface area (TPSA) is 17.1 Å². The molecule has 0 aromatic carbocycles. The van der Waals surface area contributed by atoms with Crippen molar-refractivity contribution in [2.24, 2.45) is 0 Å². The fourth-order valence-corrected chi connectivity index (χ4v) is 2.52. The van der Waals surface area contributed by atoms with Crippen LogP contribution in [0.3, 0.4) is 0 Å². The molecule has 0 aliphatic carbocycles. The van der Waals surface area contributed by atoms with Gasteiger partial charge >= 0.3 is 0 Å². The number of hydrogen-bond acceptors (Lipinski definition) is 1. The molecule has 1 nitrogen and oxygen atoms in total. The Morgan fingerprint density at radius 2 is 1.27 bits per heavy atom.